The molecule has 0 aliphatic heterocycles. The van der Waals surface area contributed by atoms with Gasteiger partial charge in [-0.05, 0) is 36.4 Å². The van der Waals surface area contributed by atoms with Crippen LogP contribution in [-0.2, 0) is 16.1 Å². The van der Waals surface area contributed by atoms with Gasteiger partial charge >= 0.3 is 5.97 Å². The summed E-state index contributed by atoms with van der Waals surface area (Å²) in [5, 5.41) is 17.0. The fourth-order valence-corrected chi connectivity index (χ4v) is 3.99. The van der Waals surface area contributed by atoms with Crippen LogP contribution in [0.5, 0.6) is 0 Å². The van der Waals surface area contributed by atoms with Crippen molar-refractivity contribution in [1.29, 1.82) is 0 Å². The summed E-state index contributed by atoms with van der Waals surface area (Å²) in [6.07, 6.45) is 4.24. The van der Waals surface area contributed by atoms with Crippen molar-refractivity contribution in [1.82, 2.24) is 5.32 Å². The highest BCUT2D eigenvalue weighted by Crippen LogP contribution is 2.32. The van der Waals surface area contributed by atoms with Crippen LogP contribution >= 0.6 is 11.3 Å². The molecule has 0 unspecified atom stereocenters. The Morgan fingerprint density at radius 2 is 1.96 bits per heavy atom. The van der Waals surface area contributed by atoms with E-state index in [0.717, 1.165) is 12.8 Å². The van der Waals surface area contributed by atoms with Crippen molar-refractivity contribution in [2.45, 2.75) is 32.2 Å². The fourth-order valence-electron chi connectivity index (χ4n) is 3.21. The number of hydrogen-bond donors (Lipinski definition) is 3. The molecular formula is C18H20N2O5S. The Kier molecular flexibility index (Phi) is 5.72. The van der Waals surface area contributed by atoms with Gasteiger partial charge in [-0.3, -0.25) is 14.4 Å². The lowest BCUT2D eigenvalue weighted by Gasteiger charge is -2.27. The van der Waals surface area contributed by atoms with Crippen LogP contribution in [0, 0.1) is 11.8 Å². The molecule has 1 saturated carbocycles. The van der Waals surface area contributed by atoms with E-state index >= 15 is 0 Å². The van der Waals surface area contributed by atoms with Crippen molar-refractivity contribution in [3.8, 4) is 0 Å². The summed E-state index contributed by atoms with van der Waals surface area (Å²) in [5.41, 5.74) is 0.359. The third kappa shape index (κ3) is 4.13. The number of carboxylic acid groups (broad SMARTS) is 1. The SMILES string of the molecule is O=C(NCc1ccco1)c1ccsc1NC(=O)[C@H]1CCCC[C@H]1C(=O)O. The van der Waals surface area contributed by atoms with E-state index in [-0.39, 0.29) is 18.4 Å². The van der Waals surface area contributed by atoms with Gasteiger partial charge in [0.25, 0.3) is 5.91 Å². The molecule has 2 heterocycles. The number of carbonyl (C=O) groups excluding carboxylic acids is 2. The summed E-state index contributed by atoms with van der Waals surface area (Å²) in [6.45, 7) is 0.249. The zero-order valence-corrected chi connectivity index (χ0v) is 14.9. The lowest BCUT2D eigenvalue weighted by molar-refractivity contribution is -0.147. The van der Waals surface area contributed by atoms with E-state index in [4.69, 9.17) is 4.42 Å². The minimum Gasteiger partial charge on any atom is -0.481 e. The normalized spacial score (nSPS) is 19.7. The van der Waals surface area contributed by atoms with Crippen molar-refractivity contribution in [2.75, 3.05) is 5.32 Å². The van der Waals surface area contributed by atoms with Crippen LogP contribution < -0.4 is 10.6 Å². The van der Waals surface area contributed by atoms with Crippen molar-refractivity contribution < 1.29 is 23.9 Å². The minimum atomic E-state index is -0.938. The Balaban J connectivity index is 1.65. The van der Waals surface area contributed by atoms with E-state index < -0.39 is 17.8 Å². The average molecular weight is 376 g/mol. The number of anilines is 1. The molecule has 138 valence electrons. The van der Waals surface area contributed by atoms with Gasteiger partial charge in [0, 0.05) is 0 Å². The van der Waals surface area contributed by atoms with Crippen molar-refractivity contribution in [3.63, 3.8) is 0 Å². The molecule has 2 aromatic rings. The first-order valence-electron chi connectivity index (χ1n) is 8.48. The van der Waals surface area contributed by atoms with Crippen molar-refractivity contribution >= 4 is 34.1 Å². The highest BCUT2D eigenvalue weighted by Gasteiger charge is 2.36. The first kappa shape index (κ1) is 18.2. The van der Waals surface area contributed by atoms with E-state index in [1.807, 2.05) is 0 Å². The molecule has 1 aliphatic carbocycles. The number of hydrogen-bond acceptors (Lipinski definition) is 5. The molecule has 1 aliphatic rings. The molecule has 2 atom stereocenters. The lowest BCUT2D eigenvalue weighted by atomic mass is 9.79. The van der Waals surface area contributed by atoms with E-state index in [0.29, 0.717) is 29.2 Å². The Morgan fingerprint density at radius 3 is 2.65 bits per heavy atom. The molecule has 7 nitrogen and oxygen atoms in total. The third-order valence-electron chi connectivity index (χ3n) is 4.57. The molecule has 8 heteroatoms. The van der Waals surface area contributed by atoms with Crippen LogP contribution in [-0.4, -0.2) is 22.9 Å². The van der Waals surface area contributed by atoms with Gasteiger partial charge in [0.1, 0.15) is 10.8 Å². The first-order chi connectivity index (χ1) is 12.6. The monoisotopic (exact) mass is 376 g/mol. The average Bonchev–Trinajstić information content (AvgIpc) is 3.31. The van der Waals surface area contributed by atoms with E-state index in [9.17, 15) is 19.5 Å². The molecule has 26 heavy (non-hydrogen) atoms. The number of thiophene rings is 1. The predicted molar refractivity (Wildman–Crippen MR) is 95.9 cm³/mol. The Hall–Kier alpha value is -2.61. The molecular weight excluding hydrogens is 356 g/mol. The van der Waals surface area contributed by atoms with Gasteiger partial charge in [0.05, 0.1) is 30.2 Å². The molecule has 0 aromatic carbocycles. The summed E-state index contributed by atoms with van der Waals surface area (Å²) in [4.78, 5) is 36.3. The molecule has 2 aromatic heterocycles. The number of rotatable bonds is 6. The Bertz CT molecular complexity index is 783. The smallest absolute Gasteiger partial charge is 0.307 e. The van der Waals surface area contributed by atoms with E-state index in [1.165, 1.54) is 17.6 Å². The second kappa shape index (κ2) is 8.18. The number of nitrogens with one attached hydrogen (secondary N) is 2. The Morgan fingerprint density at radius 1 is 1.19 bits per heavy atom. The summed E-state index contributed by atoms with van der Waals surface area (Å²) >= 11 is 1.24. The second-order valence-electron chi connectivity index (χ2n) is 6.25. The van der Waals surface area contributed by atoms with E-state index in [2.05, 4.69) is 10.6 Å². The highest BCUT2D eigenvalue weighted by molar-refractivity contribution is 7.14. The van der Waals surface area contributed by atoms with Gasteiger partial charge in [0.15, 0.2) is 0 Å². The third-order valence-corrected chi connectivity index (χ3v) is 5.40. The van der Waals surface area contributed by atoms with Crippen LogP contribution in [0.2, 0.25) is 0 Å². The molecule has 0 radical (unpaired) electrons. The first-order valence-corrected chi connectivity index (χ1v) is 9.36. The summed E-state index contributed by atoms with van der Waals surface area (Å²) in [6, 6.07) is 5.12. The quantitative estimate of drug-likeness (QED) is 0.718. The van der Waals surface area contributed by atoms with Crippen LogP contribution in [0.1, 0.15) is 41.8 Å². The highest BCUT2D eigenvalue weighted by atomic mass is 32.1. The predicted octanol–water partition coefficient (Wildman–Crippen LogP) is 3.10. The summed E-state index contributed by atoms with van der Waals surface area (Å²) in [7, 11) is 0. The fraction of sp³-hybridized carbons (Fsp3) is 0.389. The second-order valence-corrected chi connectivity index (χ2v) is 7.17. The van der Waals surface area contributed by atoms with Crippen LogP contribution in [0.4, 0.5) is 5.00 Å². The van der Waals surface area contributed by atoms with E-state index in [1.54, 1.807) is 23.6 Å². The van der Waals surface area contributed by atoms with Gasteiger partial charge in [-0.1, -0.05) is 12.8 Å². The maximum absolute atomic E-state index is 12.6. The van der Waals surface area contributed by atoms with Gasteiger partial charge in [-0.15, -0.1) is 11.3 Å². The minimum absolute atomic E-state index is 0.249. The molecule has 1 fully saturated rings. The zero-order valence-electron chi connectivity index (χ0n) is 14.1. The number of carbonyl (C=O) groups is 3. The summed E-state index contributed by atoms with van der Waals surface area (Å²) < 4.78 is 5.17. The molecule has 0 saturated heterocycles. The van der Waals surface area contributed by atoms with Gasteiger partial charge in [-0.2, -0.15) is 0 Å². The standard InChI is InChI=1S/C18H20N2O5S/c21-15(19-10-11-4-3-8-25-11)14-7-9-26-17(14)20-16(22)12-5-1-2-6-13(12)18(23)24/h3-4,7-9,12-13H,1-2,5-6,10H2,(H,19,21)(H,20,22)(H,23,24)/t12-,13+/m0/s1. The Labute approximate surface area is 154 Å². The lowest BCUT2D eigenvalue weighted by Crippen LogP contribution is -2.36. The molecule has 0 bridgehead atoms. The number of amides is 2. The van der Waals surface area contributed by atoms with Crippen LogP contribution in [0.25, 0.3) is 0 Å². The number of carboxylic acids is 1. The van der Waals surface area contributed by atoms with Crippen LogP contribution in [0.15, 0.2) is 34.3 Å². The van der Waals surface area contributed by atoms with Gasteiger partial charge in [0.2, 0.25) is 5.91 Å². The zero-order chi connectivity index (χ0) is 18.5. The molecule has 3 N–H and O–H groups in total. The van der Waals surface area contributed by atoms with Gasteiger partial charge < -0.3 is 20.2 Å². The maximum Gasteiger partial charge on any atom is 0.307 e. The van der Waals surface area contributed by atoms with Crippen molar-refractivity contribution in [3.05, 3.63) is 41.2 Å². The molecule has 0 spiro atoms. The number of aliphatic carboxylic acids is 1. The topological polar surface area (TPSA) is 109 Å². The molecule has 2 amide bonds. The maximum atomic E-state index is 12.6. The summed E-state index contributed by atoms with van der Waals surface area (Å²) in [5.74, 6) is -2.20. The van der Waals surface area contributed by atoms with Crippen molar-refractivity contribution in [2.24, 2.45) is 11.8 Å². The largest absolute Gasteiger partial charge is 0.481 e. The number of furan rings is 1. The van der Waals surface area contributed by atoms with Crippen LogP contribution in [0.3, 0.4) is 0 Å². The van der Waals surface area contributed by atoms with Gasteiger partial charge in [-0.25, -0.2) is 0 Å². The molecule has 3 rings (SSSR count).